The molecule has 0 aromatic heterocycles. The second kappa shape index (κ2) is 13.4. The summed E-state index contributed by atoms with van der Waals surface area (Å²) in [5.74, 6) is 2.42. The molecule has 3 unspecified atom stereocenters. The Balaban J connectivity index is 1.55. The molecule has 1 fully saturated rings. The molecule has 2 aliphatic heterocycles. The van der Waals surface area contributed by atoms with Crippen molar-refractivity contribution in [1.82, 2.24) is 5.32 Å². The van der Waals surface area contributed by atoms with Crippen molar-refractivity contribution < 1.29 is 29.4 Å². The lowest BCUT2D eigenvalue weighted by atomic mass is 9.81. The Bertz CT molecular complexity index is 1340. The number of carbonyl (C=O) groups excluding carboxylic acids is 2. The number of amides is 2. The number of benzene rings is 2. The average molecular weight is 597 g/mol. The van der Waals surface area contributed by atoms with Crippen LogP contribution in [-0.4, -0.2) is 44.6 Å². The molecule has 3 N–H and O–H groups in total. The number of phenolic OH excluding ortho intramolecular Hbond substituents is 1. The van der Waals surface area contributed by atoms with E-state index in [0.717, 1.165) is 41.3 Å². The lowest BCUT2D eigenvalue weighted by molar-refractivity contribution is -0.118. The fourth-order valence-electron chi connectivity index (χ4n) is 5.81. The summed E-state index contributed by atoms with van der Waals surface area (Å²) in [6.45, 7) is 12.6. The molecule has 0 aliphatic carbocycles. The minimum atomic E-state index is -0.765. The molecule has 2 aromatic rings. The Morgan fingerprint density at radius 1 is 1.07 bits per heavy atom. The molecular formula is C33H44N2O6S. The Labute approximate surface area is 253 Å². The van der Waals surface area contributed by atoms with Gasteiger partial charge in [-0.2, -0.15) is 0 Å². The van der Waals surface area contributed by atoms with E-state index in [2.05, 4.69) is 31.2 Å². The number of hydrogen-bond donors (Lipinski definition) is 3. The van der Waals surface area contributed by atoms with Crippen LogP contribution in [0.25, 0.3) is 0 Å². The molecule has 2 heterocycles. The summed E-state index contributed by atoms with van der Waals surface area (Å²) < 4.78 is 13.2. The molecule has 0 bridgehead atoms. The number of imide groups is 1. The first kappa shape index (κ1) is 31.7. The van der Waals surface area contributed by atoms with Crippen LogP contribution in [0.4, 0.5) is 4.79 Å². The largest absolute Gasteiger partial charge is 0.507 e. The predicted molar refractivity (Wildman–Crippen MR) is 166 cm³/mol. The third-order valence-electron chi connectivity index (χ3n) is 8.62. The van der Waals surface area contributed by atoms with Gasteiger partial charge in [-0.15, -0.1) is 0 Å². The van der Waals surface area contributed by atoms with E-state index in [9.17, 15) is 19.9 Å². The van der Waals surface area contributed by atoms with Crippen LogP contribution in [0.15, 0.2) is 29.4 Å². The van der Waals surface area contributed by atoms with Gasteiger partial charge in [0.05, 0.1) is 11.0 Å². The molecule has 4 rings (SSSR count). The monoisotopic (exact) mass is 596 g/mol. The maximum Gasteiger partial charge on any atom is 0.286 e. The van der Waals surface area contributed by atoms with Gasteiger partial charge in [0, 0.05) is 17.5 Å². The minimum Gasteiger partial charge on any atom is -0.507 e. The molecule has 228 valence electrons. The van der Waals surface area contributed by atoms with Crippen LogP contribution in [0.5, 0.6) is 17.2 Å². The summed E-state index contributed by atoms with van der Waals surface area (Å²) in [7, 11) is 0. The van der Waals surface area contributed by atoms with E-state index < -0.39 is 10.9 Å². The highest BCUT2D eigenvalue weighted by Gasteiger charge is 2.43. The van der Waals surface area contributed by atoms with Crippen molar-refractivity contribution >= 4 is 28.6 Å². The molecule has 9 heteroatoms. The Hall–Kier alpha value is -3.20. The molecule has 0 spiro atoms. The maximum atomic E-state index is 12.0. The van der Waals surface area contributed by atoms with Crippen molar-refractivity contribution in [3.05, 3.63) is 52.1 Å². The molecule has 8 nitrogen and oxygen atoms in total. The standard InChI is InChI=1S/C33H44N2O6S/c1-19(2)8-7-9-20(3)14-15-33(17-26(35-39)28-23(6)29(36)21(4)22(5)30(28)41-33)18-40-25-12-10-24(11-13-25)16-27-31(37)34-32(38)42-27/h10-13,19-20,27,36,39H,7-9,14-18H2,1-6H3,(H,34,37,38)/b35-26+. The molecule has 3 atom stereocenters. The van der Waals surface area contributed by atoms with E-state index in [1.165, 1.54) is 12.8 Å². The number of oxime groups is 1. The van der Waals surface area contributed by atoms with E-state index in [0.29, 0.717) is 59.4 Å². The van der Waals surface area contributed by atoms with Gasteiger partial charge in [-0.1, -0.05) is 69.1 Å². The number of thioether (sulfide) groups is 1. The third kappa shape index (κ3) is 7.22. The van der Waals surface area contributed by atoms with Gasteiger partial charge in [-0.05, 0) is 80.7 Å². The quantitative estimate of drug-likeness (QED) is 0.175. The van der Waals surface area contributed by atoms with Gasteiger partial charge in [0.15, 0.2) is 0 Å². The summed E-state index contributed by atoms with van der Waals surface area (Å²) >= 11 is 1.02. The fraction of sp³-hybridized carbons (Fsp3) is 0.545. The van der Waals surface area contributed by atoms with Crippen LogP contribution in [0.1, 0.15) is 87.1 Å². The minimum absolute atomic E-state index is 0.191. The van der Waals surface area contributed by atoms with Crippen molar-refractivity contribution in [2.75, 3.05) is 6.61 Å². The van der Waals surface area contributed by atoms with Gasteiger partial charge in [-0.25, -0.2) is 0 Å². The van der Waals surface area contributed by atoms with Gasteiger partial charge in [0.1, 0.15) is 29.5 Å². The Kier molecular flexibility index (Phi) is 10.1. The van der Waals surface area contributed by atoms with Crippen LogP contribution in [0.3, 0.4) is 0 Å². The topological polar surface area (TPSA) is 117 Å². The van der Waals surface area contributed by atoms with Crippen LogP contribution < -0.4 is 14.8 Å². The average Bonchev–Trinajstić information content (AvgIpc) is 3.28. The number of carbonyl (C=O) groups is 2. The van der Waals surface area contributed by atoms with Crippen molar-refractivity contribution in [2.45, 2.75) is 97.3 Å². The highest BCUT2D eigenvalue weighted by molar-refractivity contribution is 8.15. The first-order valence-corrected chi connectivity index (χ1v) is 15.8. The Morgan fingerprint density at radius 3 is 2.40 bits per heavy atom. The number of ether oxygens (including phenoxy) is 2. The Morgan fingerprint density at radius 2 is 1.79 bits per heavy atom. The van der Waals surface area contributed by atoms with Crippen LogP contribution in [0.2, 0.25) is 0 Å². The van der Waals surface area contributed by atoms with Gasteiger partial charge in [-0.3, -0.25) is 14.9 Å². The number of nitrogens with one attached hydrogen (secondary N) is 1. The second-order valence-electron chi connectivity index (χ2n) is 12.4. The lowest BCUT2D eigenvalue weighted by Crippen LogP contribution is -2.48. The molecule has 2 aromatic carbocycles. The van der Waals surface area contributed by atoms with Gasteiger partial charge in [0.25, 0.3) is 5.24 Å². The zero-order valence-corrected chi connectivity index (χ0v) is 26.4. The van der Waals surface area contributed by atoms with Crippen molar-refractivity contribution in [3.8, 4) is 17.2 Å². The van der Waals surface area contributed by atoms with E-state index >= 15 is 0 Å². The van der Waals surface area contributed by atoms with Crippen molar-refractivity contribution in [3.63, 3.8) is 0 Å². The summed E-state index contributed by atoms with van der Waals surface area (Å²) in [5, 5.41) is 26.1. The molecule has 2 aliphatic rings. The van der Waals surface area contributed by atoms with E-state index in [-0.39, 0.29) is 23.5 Å². The number of nitrogens with zero attached hydrogens (tertiary/aromatic N) is 1. The first-order valence-electron chi connectivity index (χ1n) is 14.9. The number of rotatable bonds is 12. The summed E-state index contributed by atoms with van der Waals surface area (Å²) in [4.78, 5) is 23.5. The zero-order valence-electron chi connectivity index (χ0n) is 25.6. The first-order chi connectivity index (χ1) is 19.9. The number of phenols is 1. The van der Waals surface area contributed by atoms with Gasteiger partial charge < -0.3 is 19.8 Å². The van der Waals surface area contributed by atoms with E-state index in [4.69, 9.17) is 9.47 Å². The van der Waals surface area contributed by atoms with Crippen molar-refractivity contribution in [1.29, 1.82) is 0 Å². The molecule has 0 radical (unpaired) electrons. The summed E-state index contributed by atoms with van der Waals surface area (Å²) in [5.41, 5.74) is 3.51. The second-order valence-corrected chi connectivity index (χ2v) is 13.6. The van der Waals surface area contributed by atoms with Crippen LogP contribution in [0, 0.1) is 32.6 Å². The van der Waals surface area contributed by atoms with Gasteiger partial charge in [0.2, 0.25) is 5.91 Å². The fourth-order valence-corrected chi connectivity index (χ4v) is 6.67. The van der Waals surface area contributed by atoms with Crippen molar-refractivity contribution in [2.24, 2.45) is 17.0 Å². The molecule has 0 saturated carbocycles. The normalized spacial score (nSPS) is 21.8. The number of hydrogen-bond acceptors (Lipinski definition) is 8. The third-order valence-corrected chi connectivity index (χ3v) is 9.60. The smallest absolute Gasteiger partial charge is 0.286 e. The predicted octanol–water partition coefficient (Wildman–Crippen LogP) is 7.23. The summed E-state index contributed by atoms with van der Waals surface area (Å²) in [6.07, 6.45) is 5.99. The number of fused-ring (bicyclic) bond motifs is 1. The maximum absolute atomic E-state index is 12.0. The van der Waals surface area contributed by atoms with E-state index in [1.54, 1.807) is 0 Å². The lowest BCUT2D eigenvalue weighted by Gasteiger charge is -2.41. The zero-order chi connectivity index (χ0) is 30.6. The number of aromatic hydroxyl groups is 1. The molecule has 2 amide bonds. The van der Waals surface area contributed by atoms with Crippen LogP contribution in [-0.2, 0) is 11.2 Å². The highest BCUT2D eigenvalue weighted by Crippen LogP contribution is 2.45. The SMILES string of the molecule is Cc1c(C)c2c(c(C)c1O)/C(=N/O)CC(CCC(C)CCCC(C)C)(COc1ccc(CC3SC(=O)NC3=O)cc1)O2. The molecular weight excluding hydrogens is 552 g/mol. The van der Waals surface area contributed by atoms with E-state index in [1.807, 2.05) is 45.0 Å². The molecule has 1 saturated heterocycles. The van der Waals surface area contributed by atoms with Gasteiger partial charge >= 0.3 is 0 Å². The highest BCUT2D eigenvalue weighted by atomic mass is 32.2. The summed E-state index contributed by atoms with van der Waals surface area (Å²) in [6, 6.07) is 7.55. The molecule has 42 heavy (non-hydrogen) atoms. The van der Waals surface area contributed by atoms with Crippen LogP contribution >= 0.6 is 11.8 Å².